The smallest absolute Gasteiger partial charge is 0.327 e. The Labute approximate surface area is 153 Å². The predicted molar refractivity (Wildman–Crippen MR) is 93.9 cm³/mol. The molecule has 4 rings (SSSR count). The van der Waals surface area contributed by atoms with E-state index in [-0.39, 0.29) is 36.5 Å². The Hall–Kier alpha value is -3.43. The monoisotopic (exact) mass is 372 g/mol. The quantitative estimate of drug-likeness (QED) is 0.718. The predicted octanol–water partition coefficient (Wildman–Crippen LogP) is 0.606. The Bertz CT molecular complexity index is 970. The molecular formula is C17H17FN6O3. The largest absolute Gasteiger partial charge is 0.352 e. The second kappa shape index (κ2) is 6.38. The summed E-state index contributed by atoms with van der Waals surface area (Å²) in [5, 5.41) is 7.86. The topological polar surface area (TPSA) is 108 Å². The number of nitrogens with one attached hydrogen (secondary N) is 3. The number of fused-ring (bicyclic) bond motifs is 2. The first-order valence-corrected chi connectivity index (χ1v) is 8.43. The number of amides is 4. The van der Waals surface area contributed by atoms with Crippen molar-refractivity contribution in [1.29, 1.82) is 0 Å². The number of rotatable bonds is 2. The molecule has 1 aromatic carbocycles. The molecule has 2 aliphatic rings. The van der Waals surface area contributed by atoms with E-state index in [0.717, 1.165) is 5.56 Å². The fourth-order valence-corrected chi connectivity index (χ4v) is 3.35. The van der Waals surface area contributed by atoms with E-state index in [0.29, 0.717) is 24.3 Å². The third-order valence-electron chi connectivity index (χ3n) is 4.66. The van der Waals surface area contributed by atoms with Gasteiger partial charge in [-0.15, -0.1) is 0 Å². The zero-order valence-electron chi connectivity index (χ0n) is 14.5. The molecule has 27 heavy (non-hydrogen) atoms. The van der Waals surface area contributed by atoms with Crippen LogP contribution in [-0.2, 0) is 24.3 Å². The van der Waals surface area contributed by atoms with E-state index < -0.39 is 11.9 Å². The molecule has 0 spiro atoms. The average Bonchev–Trinajstić information content (AvgIpc) is 3.22. The lowest BCUT2D eigenvalue weighted by molar-refractivity contribution is -0.122. The van der Waals surface area contributed by atoms with Gasteiger partial charge < -0.3 is 15.2 Å². The number of aromatic nitrogens is 2. The Kier molecular flexibility index (Phi) is 4.02. The van der Waals surface area contributed by atoms with Crippen LogP contribution in [0.3, 0.4) is 0 Å². The highest BCUT2D eigenvalue weighted by molar-refractivity contribution is 6.03. The van der Waals surface area contributed by atoms with E-state index in [9.17, 15) is 18.8 Å². The molecule has 0 radical (unpaired) electrons. The van der Waals surface area contributed by atoms with E-state index in [1.807, 2.05) is 0 Å². The van der Waals surface area contributed by atoms with E-state index in [2.05, 4.69) is 20.9 Å². The lowest BCUT2D eigenvalue weighted by Crippen LogP contribution is -2.37. The van der Waals surface area contributed by atoms with Crippen molar-refractivity contribution in [3.63, 3.8) is 0 Å². The van der Waals surface area contributed by atoms with Crippen molar-refractivity contribution in [1.82, 2.24) is 20.2 Å². The van der Waals surface area contributed by atoms with Gasteiger partial charge in [0, 0.05) is 19.3 Å². The van der Waals surface area contributed by atoms with Crippen LogP contribution in [0.15, 0.2) is 18.2 Å². The van der Waals surface area contributed by atoms with Crippen LogP contribution in [0, 0.1) is 5.82 Å². The first kappa shape index (κ1) is 17.0. The van der Waals surface area contributed by atoms with Gasteiger partial charge in [-0.05, 0) is 30.2 Å². The summed E-state index contributed by atoms with van der Waals surface area (Å²) < 4.78 is 14.9. The second-order valence-electron chi connectivity index (χ2n) is 6.28. The number of hydrogen-bond acceptors (Lipinski definition) is 4. The molecule has 1 aromatic heterocycles. The number of anilines is 2. The van der Waals surface area contributed by atoms with Crippen molar-refractivity contribution in [2.75, 3.05) is 23.8 Å². The van der Waals surface area contributed by atoms with Crippen LogP contribution in [-0.4, -0.2) is 41.0 Å². The van der Waals surface area contributed by atoms with E-state index in [1.54, 1.807) is 6.07 Å². The lowest BCUT2D eigenvalue weighted by atomic mass is 10.2. The summed E-state index contributed by atoms with van der Waals surface area (Å²) in [7, 11) is 1.46. The van der Waals surface area contributed by atoms with Crippen molar-refractivity contribution in [3.05, 3.63) is 41.1 Å². The summed E-state index contributed by atoms with van der Waals surface area (Å²) >= 11 is 0. The van der Waals surface area contributed by atoms with Crippen LogP contribution in [0.4, 0.5) is 20.7 Å². The lowest BCUT2D eigenvalue weighted by Gasteiger charge is -2.20. The molecular weight excluding hydrogens is 355 g/mol. The van der Waals surface area contributed by atoms with Gasteiger partial charge in [0.05, 0.1) is 12.2 Å². The molecule has 0 unspecified atom stereocenters. The average molecular weight is 372 g/mol. The first-order valence-electron chi connectivity index (χ1n) is 8.43. The third-order valence-corrected chi connectivity index (χ3v) is 4.66. The minimum atomic E-state index is -0.451. The summed E-state index contributed by atoms with van der Waals surface area (Å²) in [6, 6.07) is 3.86. The molecule has 0 aliphatic carbocycles. The number of nitrogens with zero attached hydrogens (tertiary/aromatic N) is 3. The SMILES string of the molecule is CNC(=O)c1nc(NC(=O)N2CCc3cc(F)ccc32)c2n1CC(=O)NC2. The summed E-state index contributed by atoms with van der Waals surface area (Å²) in [5.41, 5.74) is 1.94. The van der Waals surface area contributed by atoms with Crippen molar-refractivity contribution >= 4 is 29.4 Å². The summed E-state index contributed by atoms with van der Waals surface area (Å²) in [6.07, 6.45) is 0.557. The number of carbonyl (C=O) groups excluding carboxylic acids is 3. The number of benzene rings is 1. The molecule has 10 heteroatoms. The highest BCUT2D eigenvalue weighted by atomic mass is 19.1. The maximum Gasteiger partial charge on any atom is 0.327 e. The zero-order chi connectivity index (χ0) is 19.1. The van der Waals surface area contributed by atoms with E-state index in [4.69, 9.17) is 0 Å². The summed E-state index contributed by atoms with van der Waals surface area (Å²) in [6.45, 7) is 0.521. The minimum Gasteiger partial charge on any atom is -0.352 e. The van der Waals surface area contributed by atoms with Gasteiger partial charge in [0.1, 0.15) is 12.4 Å². The van der Waals surface area contributed by atoms with Gasteiger partial charge in [0.15, 0.2) is 5.82 Å². The van der Waals surface area contributed by atoms with Crippen LogP contribution >= 0.6 is 0 Å². The van der Waals surface area contributed by atoms with E-state index >= 15 is 0 Å². The Balaban J connectivity index is 1.63. The number of imidazole rings is 1. The van der Waals surface area contributed by atoms with Gasteiger partial charge in [0.25, 0.3) is 5.91 Å². The molecule has 140 valence electrons. The minimum absolute atomic E-state index is 0.0488. The van der Waals surface area contributed by atoms with Crippen molar-refractivity contribution in [2.45, 2.75) is 19.5 Å². The molecule has 4 amide bonds. The highest BCUT2D eigenvalue weighted by Crippen LogP contribution is 2.29. The van der Waals surface area contributed by atoms with Crippen molar-refractivity contribution in [3.8, 4) is 0 Å². The maximum absolute atomic E-state index is 13.4. The number of halogens is 1. The second-order valence-corrected chi connectivity index (χ2v) is 6.28. The van der Waals surface area contributed by atoms with Crippen LogP contribution in [0.5, 0.6) is 0 Å². The normalized spacial score (nSPS) is 15.0. The van der Waals surface area contributed by atoms with Crippen LogP contribution in [0.1, 0.15) is 21.9 Å². The molecule has 3 N–H and O–H groups in total. The molecule has 3 heterocycles. The molecule has 0 saturated heterocycles. The maximum atomic E-state index is 13.4. The summed E-state index contributed by atoms with van der Waals surface area (Å²) in [4.78, 5) is 42.2. The van der Waals surface area contributed by atoms with Gasteiger partial charge in [-0.2, -0.15) is 0 Å². The Morgan fingerprint density at radius 2 is 2.15 bits per heavy atom. The van der Waals surface area contributed by atoms with Crippen molar-refractivity contribution < 1.29 is 18.8 Å². The summed E-state index contributed by atoms with van der Waals surface area (Å²) in [5.74, 6) is -0.757. The van der Waals surface area contributed by atoms with E-state index in [1.165, 1.54) is 28.6 Å². The first-order chi connectivity index (χ1) is 13.0. The molecule has 9 nitrogen and oxygen atoms in total. The zero-order valence-corrected chi connectivity index (χ0v) is 14.5. The molecule has 0 bridgehead atoms. The Morgan fingerprint density at radius 1 is 1.33 bits per heavy atom. The fraction of sp³-hybridized carbons (Fsp3) is 0.294. The standard InChI is InChI=1S/C17H17FN6O3/c1-19-16(26)15-21-14(12-7-20-13(25)8-24(12)15)22-17(27)23-5-4-9-6-10(18)2-3-11(9)23/h2-3,6H,4-5,7-8H2,1H3,(H,19,26)(H,20,25)(H,22,27). The Morgan fingerprint density at radius 3 is 2.93 bits per heavy atom. The van der Waals surface area contributed by atoms with Crippen LogP contribution in [0.2, 0.25) is 0 Å². The molecule has 0 atom stereocenters. The fourth-order valence-electron chi connectivity index (χ4n) is 3.35. The highest BCUT2D eigenvalue weighted by Gasteiger charge is 2.30. The number of carbonyl (C=O) groups is 3. The van der Waals surface area contributed by atoms with Gasteiger partial charge in [-0.1, -0.05) is 0 Å². The van der Waals surface area contributed by atoms with Gasteiger partial charge in [-0.25, -0.2) is 14.2 Å². The molecule has 2 aromatic rings. The van der Waals surface area contributed by atoms with Gasteiger partial charge in [0.2, 0.25) is 11.7 Å². The number of hydrogen-bond donors (Lipinski definition) is 3. The molecule has 0 fully saturated rings. The molecule has 0 saturated carbocycles. The van der Waals surface area contributed by atoms with Gasteiger partial charge >= 0.3 is 6.03 Å². The molecule has 2 aliphatic heterocycles. The van der Waals surface area contributed by atoms with Gasteiger partial charge in [-0.3, -0.25) is 19.8 Å². The number of urea groups is 1. The van der Waals surface area contributed by atoms with Crippen LogP contribution in [0.25, 0.3) is 0 Å². The third kappa shape index (κ3) is 2.88. The van der Waals surface area contributed by atoms with Crippen LogP contribution < -0.4 is 20.9 Å². The van der Waals surface area contributed by atoms with Crippen molar-refractivity contribution in [2.24, 2.45) is 0 Å².